The van der Waals surface area contributed by atoms with Crippen molar-refractivity contribution in [3.63, 3.8) is 0 Å². The third-order valence-corrected chi connectivity index (χ3v) is 5.14. The van der Waals surface area contributed by atoms with E-state index in [-0.39, 0.29) is 6.03 Å². The summed E-state index contributed by atoms with van der Waals surface area (Å²) < 4.78 is 11.3. The monoisotopic (exact) mass is 422 g/mol. The second kappa shape index (κ2) is 8.32. The van der Waals surface area contributed by atoms with E-state index in [9.17, 15) is 4.79 Å². The highest BCUT2D eigenvalue weighted by molar-refractivity contribution is 6.36. The summed E-state index contributed by atoms with van der Waals surface area (Å²) >= 11 is 12.1. The van der Waals surface area contributed by atoms with Crippen molar-refractivity contribution >= 4 is 40.7 Å². The Morgan fingerprint density at radius 2 is 1.79 bits per heavy atom. The molecule has 0 radical (unpaired) electrons. The van der Waals surface area contributed by atoms with E-state index in [1.807, 2.05) is 12.1 Å². The topological polar surface area (TPSA) is 66.9 Å². The number of aromatic nitrogens is 1. The standard InChI is InChI=1S/C19H20Cl2N4O3/c20-13-10-15(21)18(22-12-13)24-4-6-25(7-5-24)19(26)23-14-2-3-16-17(11-14)28-9-1-8-27-16/h2-3,10-12H,1,4-9H2,(H,23,26). The van der Waals surface area contributed by atoms with Crippen molar-refractivity contribution < 1.29 is 14.3 Å². The van der Waals surface area contributed by atoms with Crippen LogP contribution in [0.2, 0.25) is 10.0 Å². The highest BCUT2D eigenvalue weighted by atomic mass is 35.5. The lowest BCUT2D eigenvalue weighted by Crippen LogP contribution is -2.50. The second-order valence-corrected chi connectivity index (χ2v) is 7.42. The zero-order valence-corrected chi connectivity index (χ0v) is 16.7. The molecule has 2 aliphatic rings. The maximum Gasteiger partial charge on any atom is 0.321 e. The SMILES string of the molecule is O=C(Nc1ccc2c(c1)OCCCO2)N1CCN(c2ncc(Cl)cc2Cl)CC1. The molecule has 1 aromatic heterocycles. The van der Waals surface area contributed by atoms with Gasteiger partial charge in [0.2, 0.25) is 0 Å². The molecule has 2 aliphatic heterocycles. The number of nitrogens with zero attached hydrogens (tertiary/aromatic N) is 3. The smallest absolute Gasteiger partial charge is 0.321 e. The number of ether oxygens (including phenoxy) is 2. The fraction of sp³-hybridized carbons (Fsp3) is 0.368. The molecule has 1 fully saturated rings. The van der Waals surface area contributed by atoms with Gasteiger partial charge in [0.15, 0.2) is 11.5 Å². The van der Waals surface area contributed by atoms with E-state index in [0.29, 0.717) is 72.4 Å². The summed E-state index contributed by atoms with van der Waals surface area (Å²) in [5.74, 6) is 2.05. The van der Waals surface area contributed by atoms with Gasteiger partial charge in [-0.3, -0.25) is 0 Å². The molecule has 0 bridgehead atoms. The summed E-state index contributed by atoms with van der Waals surface area (Å²) in [5, 5.41) is 3.94. The van der Waals surface area contributed by atoms with Crippen LogP contribution in [-0.2, 0) is 0 Å². The molecule has 28 heavy (non-hydrogen) atoms. The lowest BCUT2D eigenvalue weighted by molar-refractivity contribution is 0.208. The number of anilines is 2. The van der Waals surface area contributed by atoms with E-state index in [0.717, 1.165) is 6.42 Å². The Kier molecular flexibility index (Phi) is 5.64. The second-order valence-electron chi connectivity index (χ2n) is 6.58. The first-order chi connectivity index (χ1) is 13.6. The Hall–Kier alpha value is -2.38. The van der Waals surface area contributed by atoms with Gasteiger partial charge in [-0.2, -0.15) is 0 Å². The Labute approximate surface area is 173 Å². The highest BCUT2D eigenvalue weighted by Gasteiger charge is 2.23. The lowest BCUT2D eigenvalue weighted by Gasteiger charge is -2.35. The zero-order chi connectivity index (χ0) is 19.5. The summed E-state index contributed by atoms with van der Waals surface area (Å²) in [7, 11) is 0. The van der Waals surface area contributed by atoms with E-state index in [1.165, 1.54) is 0 Å². The predicted octanol–water partition coefficient (Wildman–Crippen LogP) is 3.90. The molecule has 7 nitrogen and oxygen atoms in total. The molecular formula is C19H20Cl2N4O3. The molecule has 2 amide bonds. The highest BCUT2D eigenvalue weighted by Crippen LogP contribution is 2.32. The van der Waals surface area contributed by atoms with Gasteiger partial charge in [0, 0.05) is 50.6 Å². The summed E-state index contributed by atoms with van der Waals surface area (Å²) in [6.07, 6.45) is 2.42. The number of amides is 2. The number of halogens is 2. The van der Waals surface area contributed by atoms with Gasteiger partial charge in [-0.05, 0) is 18.2 Å². The van der Waals surface area contributed by atoms with Crippen molar-refractivity contribution in [2.24, 2.45) is 0 Å². The molecule has 0 spiro atoms. The van der Waals surface area contributed by atoms with E-state index >= 15 is 0 Å². The van der Waals surface area contributed by atoms with Crippen LogP contribution in [0.25, 0.3) is 0 Å². The molecule has 1 aromatic carbocycles. The van der Waals surface area contributed by atoms with Crippen LogP contribution >= 0.6 is 23.2 Å². The number of hydrogen-bond donors (Lipinski definition) is 1. The van der Waals surface area contributed by atoms with E-state index < -0.39 is 0 Å². The Balaban J connectivity index is 1.36. The van der Waals surface area contributed by atoms with Crippen LogP contribution in [0.1, 0.15) is 6.42 Å². The summed E-state index contributed by atoms with van der Waals surface area (Å²) in [5.41, 5.74) is 0.680. The summed E-state index contributed by atoms with van der Waals surface area (Å²) in [6, 6.07) is 6.96. The van der Waals surface area contributed by atoms with Crippen LogP contribution < -0.4 is 19.7 Å². The average Bonchev–Trinajstić information content (AvgIpc) is 2.93. The molecule has 0 atom stereocenters. The van der Waals surface area contributed by atoms with E-state index in [4.69, 9.17) is 32.7 Å². The molecule has 4 rings (SSSR count). The number of pyridine rings is 1. The molecule has 0 unspecified atom stereocenters. The molecule has 0 aliphatic carbocycles. The summed E-state index contributed by atoms with van der Waals surface area (Å²) in [4.78, 5) is 20.7. The van der Waals surface area contributed by atoms with Crippen molar-refractivity contribution in [3.8, 4) is 11.5 Å². The van der Waals surface area contributed by atoms with Gasteiger partial charge < -0.3 is 24.6 Å². The molecule has 1 saturated heterocycles. The number of benzene rings is 1. The number of carbonyl (C=O) groups is 1. The number of urea groups is 1. The van der Waals surface area contributed by atoms with Crippen molar-refractivity contribution in [3.05, 3.63) is 40.5 Å². The quantitative estimate of drug-likeness (QED) is 0.794. The third-order valence-electron chi connectivity index (χ3n) is 4.65. The molecular weight excluding hydrogens is 403 g/mol. The van der Waals surface area contributed by atoms with Gasteiger partial charge in [-0.15, -0.1) is 0 Å². The maximum atomic E-state index is 12.6. The van der Waals surface area contributed by atoms with Gasteiger partial charge in [0.05, 0.1) is 23.3 Å². The molecule has 9 heteroatoms. The number of carbonyl (C=O) groups excluding carboxylic acids is 1. The number of hydrogen-bond acceptors (Lipinski definition) is 5. The number of rotatable bonds is 2. The van der Waals surface area contributed by atoms with Gasteiger partial charge in [0.1, 0.15) is 5.82 Å². The number of fused-ring (bicyclic) bond motifs is 1. The molecule has 2 aromatic rings. The largest absolute Gasteiger partial charge is 0.490 e. The van der Waals surface area contributed by atoms with Crippen molar-refractivity contribution in [2.45, 2.75) is 6.42 Å². The normalized spacial score (nSPS) is 16.5. The fourth-order valence-electron chi connectivity index (χ4n) is 3.20. The van der Waals surface area contributed by atoms with Crippen LogP contribution in [0.3, 0.4) is 0 Å². The first kappa shape index (κ1) is 19.0. The van der Waals surface area contributed by atoms with Crippen molar-refractivity contribution in [1.29, 1.82) is 0 Å². The minimum absolute atomic E-state index is 0.149. The minimum Gasteiger partial charge on any atom is -0.490 e. The van der Waals surface area contributed by atoms with Crippen molar-refractivity contribution in [2.75, 3.05) is 49.6 Å². The van der Waals surface area contributed by atoms with E-state index in [2.05, 4.69) is 15.2 Å². The summed E-state index contributed by atoms with van der Waals surface area (Å²) in [6.45, 7) is 3.66. The van der Waals surface area contributed by atoms with Gasteiger partial charge in [0.25, 0.3) is 0 Å². The molecule has 1 N–H and O–H groups in total. The van der Waals surface area contributed by atoms with Gasteiger partial charge in [-0.1, -0.05) is 23.2 Å². The predicted molar refractivity (Wildman–Crippen MR) is 109 cm³/mol. The Bertz CT molecular complexity index is 872. The van der Waals surface area contributed by atoms with Gasteiger partial charge in [-0.25, -0.2) is 9.78 Å². The Morgan fingerprint density at radius 3 is 2.54 bits per heavy atom. The van der Waals surface area contributed by atoms with Crippen LogP contribution in [0.15, 0.2) is 30.5 Å². The van der Waals surface area contributed by atoms with Crippen molar-refractivity contribution in [1.82, 2.24) is 9.88 Å². The maximum absolute atomic E-state index is 12.6. The molecule has 3 heterocycles. The van der Waals surface area contributed by atoms with Crippen LogP contribution in [0.5, 0.6) is 11.5 Å². The first-order valence-electron chi connectivity index (χ1n) is 9.12. The lowest BCUT2D eigenvalue weighted by atomic mass is 10.2. The zero-order valence-electron chi connectivity index (χ0n) is 15.2. The fourth-order valence-corrected chi connectivity index (χ4v) is 3.70. The average molecular weight is 423 g/mol. The first-order valence-corrected chi connectivity index (χ1v) is 9.87. The van der Waals surface area contributed by atoms with Gasteiger partial charge >= 0.3 is 6.03 Å². The third kappa shape index (κ3) is 4.20. The molecule has 0 saturated carbocycles. The Morgan fingerprint density at radius 1 is 1.04 bits per heavy atom. The van der Waals surface area contributed by atoms with E-state index in [1.54, 1.807) is 23.2 Å². The van der Waals surface area contributed by atoms with Crippen LogP contribution in [0, 0.1) is 0 Å². The van der Waals surface area contributed by atoms with Crippen LogP contribution in [0.4, 0.5) is 16.3 Å². The van der Waals surface area contributed by atoms with Crippen LogP contribution in [-0.4, -0.2) is 55.3 Å². The molecule has 148 valence electrons. The minimum atomic E-state index is -0.149. The number of nitrogens with one attached hydrogen (secondary N) is 1. The number of piperazine rings is 1.